The van der Waals surface area contributed by atoms with Crippen LogP contribution in [0.2, 0.25) is 0 Å². The van der Waals surface area contributed by atoms with Gasteiger partial charge in [0.05, 0.1) is 0 Å². The molecule has 1 amide bonds. The van der Waals surface area contributed by atoms with E-state index >= 15 is 0 Å². The first kappa shape index (κ1) is 15.8. The zero-order valence-electron chi connectivity index (χ0n) is 11.5. The summed E-state index contributed by atoms with van der Waals surface area (Å²) >= 11 is 0. The van der Waals surface area contributed by atoms with Gasteiger partial charge in [-0.2, -0.15) is 0 Å². The van der Waals surface area contributed by atoms with Crippen LogP contribution in [-0.2, 0) is 4.79 Å². The Morgan fingerprint density at radius 2 is 1.83 bits per heavy atom. The molecule has 2 fully saturated rings. The van der Waals surface area contributed by atoms with Crippen molar-refractivity contribution >= 4 is 18.3 Å². The first-order valence-electron chi connectivity index (χ1n) is 7.28. The summed E-state index contributed by atoms with van der Waals surface area (Å²) in [5.41, 5.74) is 0. The summed E-state index contributed by atoms with van der Waals surface area (Å²) in [7, 11) is 0. The van der Waals surface area contributed by atoms with Gasteiger partial charge in [0, 0.05) is 19.5 Å². The van der Waals surface area contributed by atoms with Gasteiger partial charge in [0.15, 0.2) is 0 Å². The van der Waals surface area contributed by atoms with Gasteiger partial charge in [0.2, 0.25) is 5.91 Å². The molecule has 0 aromatic rings. The first-order valence-corrected chi connectivity index (χ1v) is 7.28. The zero-order chi connectivity index (χ0) is 12.1. The smallest absolute Gasteiger partial charge is 0.222 e. The van der Waals surface area contributed by atoms with Gasteiger partial charge in [-0.05, 0) is 57.0 Å². The SMILES string of the molecule is CCCN(CC1CC1)C(=O)CC1CCNCC1.Cl. The Hall–Kier alpha value is -0.280. The molecule has 3 nitrogen and oxygen atoms in total. The Morgan fingerprint density at radius 3 is 2.39 bits per heavy atom. The van der Waals surface area contributed by atoms with Gasteiger partial charge in [-0.3, -0.25) is 4.79 Å². The van der Waals surface area contributed by atoms with Gasteiger partial charge in [-0.1, -0.05) is 6.92 Å². The molecule has 0 spiro atoms. The molecule has 1 aliphatic heterocycles. The second-order valence-corrected chi connectivity index (χ2v) is 5.68. The molecule has 2 aliphatic rings. The van der Waals surface area contributed by atoms with E-state index in [0.717, 1.165) is 44.9 Å². The minimum Gasteiger partial charge on any atom is -0.342 e. The van der Waals surface area contributed by atoms with Gasteiger partial charge < -0.3 is 10.2 Å². The van der Waals surface area contributed by atoms with E-state index in [9.17, 15) is 4.79 Å². The van der Waals surface area contributed by atoms with E-state index in [1.54, 1.807) is 0 Å². The van der Waals surface area contributed by atoms with Crippen molar-refractivity contribution in [2.75, 3.05) is 26.2 Å². The monoisotopic (exact) mass is 274 g/mol. The number of halogens is 1. The van der Waals surface area contributed by atoms with Crippen LogP contribution in [0.5, 0.6) is 0 Å². The van der Waals surface area contributed by atoms with Crippen LogP contribution in [0, 0.1) is 11.8 Å². The van der Waals surface area contributed by atoms with Gasteiger partial charge in [0.1, 0.15) is 0 Å². The van der Waals surface area contributed by atoms with E-state index in [2.05, 4.69) is 17.1 Å². The summed E-state index contributed by atoms with van der Waals surface area (Å²) in [4.78, 5) is 14.4. The number of nitrogens with one attached hydrogen (secondary N) is 1. The molecule has 1 N–H and O–H groups in total. The third-order valence-electron chi connectivity index (χ3n) is 3.94. The number of nitrogens with zero attached hydrogens (tertiary/aromatic N) is 1. The van der Waals surface area contributed by atoms with Crippen molar-refractivity contribution in [3.05, 3.63) is 0 Å². The molecule has 0 atom stereocenters. The second-order valence-electron chi connectivity index (χ2n) is 5.68. The van der Waals surface area contributed by atoms with Crippen LogP contribution in [0.1, 0.15) is 45.4 Å². The largest absolute Gasteiger partial charge is 0.342 e. The molecule has 1 aliphatic carbocycles. The Labute approximate surface area is 117 Å². The van der Waals surface area contributed by atoms with Crippen LogP contribution in [-0.4, -0.2) is 37.0 Å². The number of hydrogen-bond donors (Lipinski definition) is 1. The van der Waals surface area contributed by atoms with Crippen LogP contribution in [0.4, 0.5) is 0 Å². The fraction of sp³-hybridized carbons (Fsp3) is 0.929. The van der Waals surface area contributed by atoms with E-state index in [4.69, 9.17) is 0 Å². The van der Waals surface area contributed by atoms with Gasteiger partial charge in [0.25, 0.3) is 0 Å². The average Bonchev–Trinajstić information content (AvgIpc) is 3.14. The fourth-order valence-corrected chi connectivity index (χ4v) is 2.66. The van der Waals surface area contributed by atoms with E-state index in [1.807, 2.05) is 0 Å². The van der Waals surface area contributed by atoms with Gasteiger partial charge >= 0.3 is 0 Å². The minimum atomic E-state index is 0. The predicted octanol–water partition coefficient (Wildman–Crippen LogP) is 2.45. The third-order valence-corrected chi connectivity index (χ3v) is 3.94. The lowest BCUT2D eigenvalue weighted by atomic mass is 9.94. The summed E-state index contributed by atoms with van der Waals surface area (Å²) in [5, 5.41) is 3.36. The van der Waals surface area contributed by atoms with E-state index in [-0.39, 0.29) is 12.4 Å². The van der Waals surface area contributed by atoms with Crippen LogP contribution in [0.15, 0.2) is 0 Å². The maximum absolute atomic E-state index is 12.3. The standard InChI is InChI=1S/C14H26N2O.ClH/c1-2-9-16(11-13-3-4-13)14(17)10-12-5-7-15-8-6-12;/h12-13,15H,2-11H2,1H3;1H. The second kappa shape index (κ2) is 8.00. The molecule has 2 rings (SSSR count). The van der Waals surface area contributed by atoms with Crippen molar-refractivity contribution in [3.63, 3.8) is 0 Å². The van der Waals surface area contributed by atoms with Crippen LogP contribution < -0.4 is 5.32 Å². The molecule has 1 heterocycles. The molecule has 18 heavy (non-hydrogen) atoms. The lowest BCUT2D eigenvalue weighted by Gasteiger charge is -2.27. The molecular formula is C14H27ClN2O. The maximum Gasteiger partial charge on any atom is 0.222 e. The molecular weight excluding hydrogens is 248 g/mol. The van der Waals surface area contributed by atoms with Crippen LogP contribution in [0.25, 0.3) is 0 Å². The average molecular weight is 275 g/mol. The molecule has 0 radical (unpaired) electrons. The number of piperidine rings is 1. The maximum atomic E-state index is 12.3. The minimum absolute atomic E-state index is 0. The van der Waals surface area contributed by atoms with Crippen molar-refractivity contribution in [2.24, 2.45) is 11.8 Å². The fourth-order valence-electron chi connectivity index (χ4n) is 2.66. The van der Waals surface area contributed by atoms with Crippen LogP contribution in [0.3, 0.4) is 0 Å². The molecule has 106 valence electrons. The Bertz CT molecular complexity index is 250. The highest BCUT2D eigenvalue weighted by Crippen LogP contribution is 2.30. The molecule has 0 unspecified atom stereocenters. The third kappa shape index (κ3) is 5.15. The molecule has 0 bridgehead atoms. The molecule has 0 aromatic carbocycles. The lowest BCUT2D eigenvalue weighted by Crippen LogP contribution is -2.37. The van der Waals surface area contributed by atoms with E-state index in [1.165, 1.54) is 25.7 Å². The van der Waals surface area contributed by atoms with Gasteiger partial charge in [-0.15, -0.1) is 12.4 Å². The summed E-state index contributed by atoms with van der Waals surface area (Å²) in [6.07, 6.45) is 6.89. The first-order chi connectivity index (χ1) is 8.29. The molecule has 1 saturated heterocycles. The zero-order valence-corrected chi connectivity index (χ0v) is 12.3. The number of carbonyl (C=O) groups is 1. The van der Waals surface area contributed by atoms with Crippen molar-refractivity contribution in [1.82, 2.24) is 10.2 Å². The van der Waals surface area contributed by atoms with E-state index < -0.39 is 0 Å². The summed E-state index contributed by atoms with van der Waals surface area (Å²) in [6.45, 7) is 6.33. The predicted molar refractivity (Wildman–Crippen MR) is 77.1 cm³/mol. The van der Waals surface area contributed by atoms with E-state index in [0.29, 0.717) is 11.8 Å². The normalized spacial score (nSPS) is 20.3. The molecule has 0 aromatic heterocycles. The number of amides is 1. The summed E-state index contributed by atoms with van der Waals surface area (Å²) in [5.74, 6) is 1.85. The summed E-state index contributed by atoms with van der Waals surface area (Å²) in [6, 6.07) is 0. The number of carbonyl (C=O) groups excluding carboxylic acids is 1. The van der Waals surface area contributed by atoms with Crippen molar-refractivity contribution in [3.8, 4) is 0 Å². The van der Waals surface area contributed by atoms with Gasteiger partial charge in [-0.25, -0.2) is 0 Å². The van der Waals surface area contributed by atoms with Crippen molar-refractivity contribution in [2.45, 2.75) is 45.4 Å². The topological polar surface area (TPSA) is 32.3 Å². The van der Waals surface area contributed by atoms with Crippen LogP contribution >= 0.6 is 12.4 Å². The highest BCUT2D eigenvalue weighted by atomic mass is 35.5. The quantitative estimate of drug-likeness (QED) is 0.807. The highest BCUT2D eigenvalue weighted by molar-refractivity contribution is 5.85. The lowest BCUT2D eigenvalue weighted by molar-refractivity contribution is -0.132. The molecule has 4 heteroatoms. The van der Waals surface area contributed by atoms with Crippen molar-refractivity contribution < 1.29 is 4.79 Å². The van der Waals surface area contributed by atoms with Crippen molar-refractivity contribution in [1.29, 1.82) is 0 Å². The Balaban J connectivity index is 0.00000162. The number of rotatable bonds is 6. The Kier molecular flexibility index (Phi) is 7.02. The number of hydrogen-bond acceptors (Lipinski definition) is 2. The Morgan fingerprint density at radius 1 is 1.17 bits per heavy atom. The molecule has 1 saturated carbocycles. The summed E-state index contributed by atoms with van der Waals surface area (Å²) < 4.78 is 0. The highest BCUT2D eigenvalue weighted by Gasteiger charge is 2.27.